The van der Waals surface area contributed by atoms with Crippen molar-refractivity contribution in [3.05, 3.63) is 0 Å². The molecule has 1 fully saturated rings. The van der Waals surface area contributed by atoms with Gasteiger partial charge in [0.05, 0.1) is 5.92 Å². The topological polar surface area (TPSA) is 26.3 Å². The minimum atomic E-state index is -0.0365. The molecule has 1 rings (SSSR count). The van der Waals surface area contributed by atoms with Gasteiger partial charge in [-0.1, -0.05) is 13.8 Å². The highest BCUT2D eigenvalue weighted by molar-refractivity contribution is 5.72. The van der Waals surface area contributed by atoms with E-state index in [1.165, 1.54) is 0 Å². The molecule has 58 valence electrons. The Balaban J connectivity index is 2.54. The number of cyclic esters (lactones) is 1. The zero-order chi connectivity index (χ0) is 7.72. The van der Waals surface area contributed by atoms with Gasteiger partial charge in [-0.3, -0.25) is 4.79 Å². The number of carbonyl (C=O) groups is 1. The maximum absolute atomic E-state index is 10.9. The molecular weight excluding hydrogens is 128 g/mol. The molecule has 0 unspecified atom stereocenters. The summed E-state index contributed by atoms with van der Waals surface area (Å²) in [6.07, 6.45) is 1.09. The van der Waals surface area contributed by atoms with Gasteiger partial charge in [-0.2, -0.15) is 0 Å². The SMILES string of the molecule is C[C@@H]1C[C@H](C)C(=O)O[C@H]1C. The van der Waals surface area contributed by atoms with Crippen LogP contribution in [-0.2, 0) is 9.53 Å². The van der Waals surface area contributed by atoms with Crippen LogP contribution in [0.25, 0.3) is 0 Å². The second-order valence-electron chi connectivity index (χ2n) is 3.26. The van der Waals surface area contributed by atoms with Crippen LogP contribution >= 0.6 is 0 Å². The molecule has 2 nitrogen and oxygen atoms in total. The Morgan fingerprint density at radius 1 is 1.40 bits per heavy atom. The van der Waals surface area contributed by atoms with E-state index >= 15 is 0 Å². The fraction of sp³-hybridized carbons (Fsp3) is 0.875. The summed E-state index contributed by atoms with van der Waals surface area (Å²) in [5.41, 5.74) is 0. The van der Waals surface area contributed by atoms with Crippen LogP contribution in [0.1, 0.15) is 27.2 Å². The molecule has 0 aromatic rings. The fourth-order valence-electron chi connectivity index (χ4n) is 1.26. The Kier molecular flexibility index (Phi) is 1.97. The Hall–Kier alpha value is -0.530. The summed E-state index contributed by atoms with van der Waals surface area (Å²) in [5, 5.41) is 0. The van der Waals surface area contributed by atoms with Crippen LogP contribution in [0.2, 0.25) is 0 Å². The summed E-state index contributed by atoms with van der Waals surface area (Å²) in [6.45, 7) is 5.99. The lowest BCUT2D eigenvalue weighted by Gasteiger charge is -2.29. The van der Waals surface area contributed by atoms with E-state index in [0.717, 1.165) is 6.42 Å². The summed E-state index contributed by atoms with van der Waals surface area (Å²) in [7, 11) is 0. The van der Waals surface area contributed by atoms with E-state index in [-0.39, 0.29) is 18.0 Å². The third-order valence-electron chi connectivity index (χ3n) is 2.23. The van der Waals surface area contributed by atoms with Crippen molar-refractivity contribution < 1.29 is 9.53 Å². The largest absolute Gasteiger partial charge is 0.462 e. The number of rotatable bonds is 0. The summed E-state index contributed by atoms with van der Waals surface area (Å²) in [6, 6.07) is 0. The Labute approximate surface area is 61.6 Å². The predicted octanol–water partition coefficient (Wildman–Crippen LogP) is 1.59. The summed E-state index contributed by atoms with van der Waals surface area (Å²) >= 11 is 0. The van der Waals surface area contributed by atoms with E-state index in [0.29, 0.717) is 5.92 Å². The second-order valence-corrected chi connectivity index (χ2v) is 3.26. The second kappa shape index (κ2) is 2.60. The molecule has 1 heterocycles. The van der Waals surface area contributed by atoms with E-state index in [4.69, 9.17) is 4.74 Å². The first kappa shape index (κ1) is 7.58. The van der Waals surface area contributed by atoms with E-state index in [9.17, 15) is 4.79 Å². The summed E-state index contributed by atoms with van der Waals surface area (Å²) in [4.78, 5) is 10.9. The van der Waals surface area contributed by atoms with Gasteiger partial charge in [0, 0.05) is 0 Å². The van der Waals surface area contributed by atoms with E-state index in [2.05, 4.69) is 6.92 Å². The molecular formula is C8H14O2. The molecule has 10 heavy (non-hydrogen) atoms. The van der Waals surface area contributed by atoms with Gasteiger partial charge >= 0.3 is 5.97 Å². The van der Waals surface area contributed by atoms with E-state index in [1.54, 1.807) is 0 Å². The molecule has 2 heteroatoms. The van der Waals surface area contributed by atoms with Crippen LogP contribution in [0, 0.1) is 11.8 Å². The van der Waals surface area contributed by atoms with Crippen molar-refractivity contribution in [2.75, 3.05) is 0 Å². The zero-order valence-corrected chi connectivity index (χ0v) is 6.76. The molecule has 0 N–H and O–H groups in total. The van der Waals surface area contributed by atoms with Crippen molar-refractivity contribution in [1.82, 2.24) is 0 Å². The minimum absolute atomic E-state index is 0.0365. The lowest BCUT2D eigenvalue weighted by Crippen LogP contribution is -2.33. The normalized spacial score (nSPS) is 41.1. The number of esters is 1. The quantitative estimate of drug-likeness (QED) is 0.480. The molecule has 0 saturated carbocycles. The molecule has 0 aromatic heterocycles. The monoisotopic (exact) mass is 142 g/mol. The van der Waals surface area contributed by atoms with Crippen molar-refractivity contribution in [1.29, 1.82) is 0 Å². The predicted molar refractivity (Wildman–Crippen MR) is 38.5 cm³/mol. The molecule has 1 aliphatic heterocycles. The molecule has 1 aliphatic rings. The van der Waals surface area contributed by atoms with Gasteiger partial charge in [-0.15, -0.1) is 0 Å². The van der Waals surface area contributed by atoms with Crippen molar-refractivity contribution in [2.45, 2.75) is 33.3 Å². The average Bonchev–Trinajstić information content (AvgIpc) is 1.84. The molecule has 1 saturated heterocycles. The standard InChI is InChI=1S/C8H14O2/c1-5-4-6(2)8(9)10-7(5)3/h5-7H,4H2,1-3H3/t5-,6+,7+/m1/s1. The molecule has 0 bridgehead atoms. The van der Waals surface area contributed by atoms with Crippen LogP contribution in [0.5, 0.6) is 0 Å². The highest BCUT2D eigenvalue weighted by atomic mass is 16.5. The van der Waals surface area contributed by atoms with Gasteiger partial charge in [0.15, 0.2) is 0 Å². The first-order valence-electron chi connectivity index (χ1n) is 3.81. The Morgan fingerprint density at radius 2 is 2.00 bits per heavy atom. The van der Waals surface area contributed by atoms with E-state index < -0.39 is 0 Å². The molecule has 0 aromatic carbocycles. The smallest absolute Gasteiger partial charge is 0.308 e. The van der Waals surface area contributed by atoms with Gasteiger partial charge < -0.3 is 4.74 Å². The van der Waals surface area contributed by atoms with Crippen molar-refractivity contribution in [3.63, 3.8) is 0 Å². The highest BCUT2D eigenvalue weighted by Crippen LogP contribution is 2.24. The van der Waals surface area contributed by atoms with E-state index in [1.807, 2.05) is 13.8 Å². The third-order valence-corrected chi connectivity index (χ3v) is 2.23. The summed E-state index contributed by atoms with van der Waals surface area (Å²) < 4.78 is 5.07. The molecule has 0 amide bonds. The number of hydrogen-bond acceptors (Lipinski definition) is 2. The maximum Gasteiger partial charge on any atom is 0.308 e. The number of carbonyl (C=O) groups excluding carboxylic acids is 1. The van der Waals surface area contributed by atoms with Crippen LogP contribution in [-0.4, -0.2) is 12.1 Å². The van der Waals surface area contributed by atoms with Crippen LogP contribution < -0.4 is 0 Å². The van der Waals surface area contributed by atoms with Crippen LogP contribution in [0.3, 0.4) is 0 Å². The fourth-order valence-corrected chi connectivity index (χ4v) is 1.26. The molecule has 3 atom stereocenters. The first-order chi connectivity index (χ1) is 4.61. The summed E-state index contributed by atoms with van der Waals surface area (Å²) in [5.74, 6) is 0.588. The lowest BCUT2D eigenvalue weighted by atomic mass is 9.91. The van der Waals surface area contributed by atoms with Gasteiger partial charge in [0.25, 0.3) is 0 Å². The first-order valence-corrected chi connectivity index (χ1v) is 3.81. The Morgan fingerprint density at radius 3 is 2.50 bits per heavy atom. The molecule has 0 spiro atoms. The number of hydrogen-bond donors (Lipinski definition) is 0. The highest BCUT2D eigenvalue weighted by Gasteiger charge is 2.29. The van der Waals surface area contributed by atoms with Crippen molar-refractivity contribution in [2.24, 2.45) is 11.8 Å². The third kappa shape index (κ3) is 1.31. The Bertz CT molecular complexity index is 142. The number of ether oxygens (including phenoxy) is 1. The van der Waals surface area contributed by atoms with Gasteiger partial charge in [0.2, 0.25) is 0 Å². The average molecular weight is 142 g/mol. The van der Waals surface area contributed by atoms with Gasteiger partial charge in [-0.25, -0.2) is 0 Å². The van der Waals surface area contributed by atoms with Crippen molar-refractivity contribution >= 4 is 5.97 Å². The molecule has 0 aliphatic carbocycles. The van der Waals surface area contributed by atoms with Crippen LogP contribution in [0.4, 0.5) is 0 Å². The maximum atomic E-state index is 10.9. The van der Waals surface area contributed by atoms with Crippen molar-refractivity contribution in [3.8, 4) is 0 Å². The zero-order valence-electron chi connectivity index (χ0n) is 6.76. The van der Waals surface area contributed by atoms with Gasteiger partial charge in [0.1, 0.15) is 6.10 Å². The van der Waals surface area contributed by atoms with Gasteiger partial charge in [-0.05, 0) is 19.3 Å². The van der Waals surface area contributed by atoms with Crippen LogP contribution in [0.15, 0.2) is 0 Å². The molecule has 0 radical (unpaired) electrons. The lowest BCUT2D eigenvalue weighted by molar-refractivity contribution is -0.162. The minimum Gasteiger partial charge on any atom is -0.462 e.